The summed E-state index contributed by atoms with van der Waals surface area (Å²) < 4.78 is 0. The Labute approximate surface area is 98.1 Å². The van der Waals surface area contributed by atoms with Crippen molar-refractivity contribution in [3.63, 3.8) is 0 Å². The highest BCUT2D eigenvalue weighted by molar-refractivity contribution is 6.33. The third kappa shape index (κ3) is 2.08. The number of nitrogens with two attached hydrogens (primary N) is 1. The lowest BCUT2D eigenvalue weighted by Gasteiger charge is -2.06. The van der Waals surface area contributed by atoms with Gasteiger partial charge < -0.3 is 5.73 Å². The molecular weight excluding hydrogens is 219 g/mol. The number of hydrogen-bond acceptors (Lipinski definition) is 5. The largest absolute Gasteiger partial charge is 0.393 e. The van der Waals surface area contributed by atoms with Crippen LogP contribution in [0.3, 0.4) is 0 Å². The van der Waals surface area contributed by atoms with E-state index in [1.165, 1.54) is 24.5 Å². The van der Waals surface area contributed by atoms with Gasteiger partial charge in [0.15, 0.2) is 5.82 Å². The zero-order valence-corrected chi connectivity index (χ0v) is 8.70. The van der Waals surface area contributed by atoms with Gasteiger partial charge in [-0.15, -0.1) is 0 Å². The monoisotopic (exact) mass is 226 g/mol. The van der Waals surface area contributed by atoms with Crippen LogP contribution in [0.1, 0.15) is 0 Å². The number of nitrogens with zero attached hydrogens (tertiary/aromatic N) is 3. The molecule has 2 rings (SSSR count). The van der Waals surface area contributed by atoms with Crippen LogP contribution in [0.25, 0.3) is 11.4 Å². The molecule has 0 aliphatic heterocycles. The smallest absolute Gasteiger partial charge is 0.292 e. The summed E-state index contributed by atoms with van der Waals surface area (Å²) in [5.41, 5.74) is 6.08. The van der Waals surface area contributed by atoms with Crippen molar-refractivity contribution in [2.75, 3.05) is 5.73 Å². The summed E-state index contributed by atoms with van der Waals surface area (Å²) in [6.07, 6.45) is 3.05. The molecule has 0 aliphatic carbocycles. The van der Waals surface area contributed by atoms with Gasteiger partial charge in [0.25, 0.3) is 5.69 Å². The van der Waals surface area contributed by atoms with E-state index in [-0.39, 0.29) is 16.8 Å². The first kappa shape index (κ1) is 11.1. The summed E-state index contributed by atoms with van der Waals surface area (Å²) in [6.45, 7) is 0. The van der Waals surface area contributed by atoms with Gasteiger partial charge in [0, 0.05) is 24.0 Å². The molecule has 82 valence electrons. The summed E-state index contributed by atoms with van der Waals surface area (Å²) in [5.74, 6) is 0.306. The molecule has 0 saturated heterocycles. The Bertz CT molecular complexity index is 574. The molecule has 0 aliphatic rings. The van der Waals surface area contributed by atoms with Gasteiger partial charge in [-0.2, -0.15) is 0 Å². The molecule has 2 radical (unpaired) electrons. The van der Waals surface area contributed by atoms with Crippen LogP contribution in [0.2, 0.25) is 0 Å². The van der Waals surface area contributed by atoms with E-state index in [0.717, 1.165) is 0 Å². The predicted molar refractivity (Wildman–Crippen MR) is 63.9 cm³/mol. The summed E-state index contributed by atoms with van der Waals surface area (Å²) in [7, 11) is 5.59. The van der Waals surface area contributed by atoms with Crippen molar-refractivity contribution in [2.24, 2.45) is 0 Å². The highest BCUT2D eigenvalue weighted by atomic mass is 16.6. The standard InChI is InChI=1S/C10H7BN4O2/c11-6-4-7(10-13-2-1-3-14-10)9(12)8(5-6)15(16)17/h1-5H,12H2. The lowest BCUT2D eigenvalue weighted by Crippen LogP contribution is -2.09. The van der Waals surface area contributed by atoms with Crippen molar-refractivity contribution in [1.82, 2.24) is 9.97 Å². The van der Waals surface area contributed by atoms with E-state index >= 15 is 0 Å². The van der Waals surface area contributed by atoms with Crippen LogP contribution >= 0.6 is 0 Å². The summed E-state index contributed by atoms with van der Waals surface area (Å²) in [6, 6.07) is 4.36. The van der Waals surface area contributed by atoms with E-state index in [4.69, 9.17) is 13.6 Å². The Morgan fingerprint density at radius 3 is 2.53 bits per heavy atom. The number of hydrogen-bond donors (Lipinski definition) is 1. The number of benzene rings is 1. The number of nitro groups is 1. The van der Waals surface area contributed by atoms with E-state index in [1.807, 2.05) is 0 Å². The number of nitro benzene ring substituents is 1. The predicted octanol–water partition coefficient (Wildman–Crippen LogP) is 0.428. The normalized spacial score (nSPS) is 10.1. The number of rotatable bonds is 2. The van der Waals surface area contributed by atoms with Gasteiger partial charge >= 0.3 is 0 Å². The average molecular weight is 226 g/mol. The molecule has 0 amide bonds. The SMILES string of the molecule is [B]c1cc(-c2ncccn2)c(N)c([N+](=O)[O-])c1. The van der Waals surface area contributed by atoms with E-state index < -0.39 is 4.92 Å². The Morgan fingerprint density at radius 2 is 1.94 bits per heavy atom. The van der Waals surface area contributed by atoms with Gasteiger partial charge in [0.2, 0.25) is 0 Å². The molecule has 1 aromatic carbocycles. The van der Waals surface area contributed by atoms with Crippen molar-refractivity contribution in [2.45, 2.75) is 0 Å². The zero-order chi connectivity index (χ0) is 12.4. The molecule has 2 N–H and O–H groups in total. The van der Waals surface area contributed by atoms with Crippen molar-refractivity contribution < 1.29 is 4.92 Å². The second-order valence-corrected chi connectivity index (χ2v) is 3.33. The Morgan fingerprint density at radius 1 is 1.29 bits per heavy atom. The maximum Gasteiger partial charge on any atom is 0.292 e. The number of nitrogen functional groups attached to an aromatic ring is 1. The van der Waals surface area contributed by atoms with Crippen LogP contribution < -0.4 is 11.2 Å². The third-order valence-corrected chi connectivity index (χ3v) is 2.18. The summed E-state index contributed by atoms with van der Waals surface area (Å²) in [4.78, 5) is 18.2. The molecule has 0 bridgehead atoms. The second kappa shape index (κ2) is 4.21. The van der Waals surface area contributed by atoms with E-state index in [0.29, 0.717) is 11.4 Å². The molecule has 6 nitrogen and oxygen atoms in total. The molecule has 0 fully saturated rings. The van der Waals surface area contributed by atoms with Crippen molar-refractivity contribution in [1.29, 1.82) is 0 Å². The maximum atomic E-state index is 10.8. The Kier molecular flexibility index (Phi) is 2.74. The number of anilines is 1. The molecule has 0 atom stereocenters. The summed E-state index contributed by atoms with van der Waals surface area (Å²) >= 11 is 0. The van der Waals surface area contributed by atoms with Crippen LogP contribution in [0.4, 0.5) is 11.4 Å². The van der Waals surface area contributed by atoms with Gasteiger partial charge in [-0.3, -0.25) is 10.1 Å². The van der Waals surface area contributed by atoms with Crippen LogP contribution in [-0.2, 0) is 0 Å². The van der Waals surface area contributed by atoms with Gasteiger partial charge in [-0.25, -0.2) is 9.97 Å². The lowest BCUT2D eigenvalue weighted by atomic mass is 9.92. The van der Waals surface area contributed by atoms with Crippen LogP contribution in [0, 0.1) is 10.1 Å². The minimum atomic E-state index is -0.585. The molecule has 17 heavy (non-hydrogen) atoms. The van der Waals surface area contributed by atoms with Crippen molar-refractivity contribution in [3.05, 3.63) is 40.7 Å². The van der Waals surface area contributed by atoms with E-state index in [1.54, 1.807) is 6.07 Å². The molecule has 2 aromatic rings. The van der Waals surface area contributed by atoms with Crippen LogP contribution in [0.5, 0.6) is 0 Å². The van der Waals surface area contributed by atoms with Crippen LogP contribution in [0.15, 0.2) is 30.6 Å². The fraction of sp³-hybridized carbons (Fsp3) is 0. The molecule has 0 saturated carbocycles. The van der Waals surface area contributed by atoms with E-state index in [9.17, 15) is 10.1 Å². The Hall–Kier alpha value is -2.44. The average Bonchev–Trinajstić information content (AvgIpc) is 2.32. The van der Waals surface area contributed by atoms with Gasteiger partial charge in [0.1, 0.15) is 13.5 Å². The first-order chi connectivity index (χ1) is 8.09. The fourth-order valence-corrected chi connectivity index (χ4v) is 1.43. The van der Waals surface area contributed by atoms with Gasteiger partial charge in [-0.1, -0.05) is 11.5 Å². The Balaban J connectivity index is 2.67. The molecule has 1 heterocycles. The minimum absolute atomic E-state index is 0.00963. The molecular formula is C10H7BN4O2. The summed E-state index contributed by atoms with van der Waals surface area (Å²) in [5, 5.41) is 10.8. The molecule has 1 aromatic heterocycles. The second-order valence-electron chi connectivity index (χ2n) is 3.33. The van der Waals surface area contributed by atoms with Crippen LogP contribution in [-0.4, -0.2) is 22.7 Å². The van der Waals surface area contributed by atoms with Gasteiger partial charge in [-0.05, 0) is 6.07 Å². The zero-order valence-electron chi connectivity index (χ0n) is 8.70. The van der Waals surface area contributed by atoms with Crippen molar-refractivity contribution in [3.8, 4) is 11.4 Å². The minimum Gasteiger partial charge on any atom is -0.393 e. The highest BCUT2D eigenvalue weighted by Gasteiger charge is 2.17. The first-order valence-corrected chi connectivity index (χ1v) is 4.70. The van der Waals surface area contributed by atoms with E-state index in [2.05, 4.69) is 9.97 Å². The third-order valence-electron chi connectivity index (χ3n) is 2.18. The topological polar surface area (TPSA) is 94.9 Å². The lowest BCUT2D eigenvalue weighted by molar-refractivity contribution is -0.383. The molecule has 0 spiro atoms. The first-order valence-electron chi connectivity index (χ1n) is 4.70. The molecule has 0 unspecified atom stereocenters. The molecule has 7 heteroatoms. The number of aromatic nitrogens is 2. The maximum absolute atomic E-state index is 10.8. The quantitative estimate of drug-likeness (QED) is 0.346. The van der Waals surface area contributed by atoms with Gasteiger partial charge in [0.05, 0.1) is 4.92 Å². The fourth-order valence-electron chi connectivity index (χ4n) is 1.43. The van der Waals surface area contributed by atoms with Crippen molar-refractivity contribution >= 4 is 24.7 Å². The highest BCUT2D eigenvalue weighted by Crippen LogP contribution is 2.29.